The van der Waals surface area contributed by atoms with E-state index in [9.17, 15) is 4.79 Å². The molecule has 0 aliphatic heterocycles. The SMILES string of the molecule is CC(NCCOc1cccc(C(=O)O)c1)c1cccnc1. The zero-order valence-electron chi connectivity index (χ0n) is 11.8. The topological polar surface area (TPSA) is 71.5 Å². The van der Waals surface area contributed by atoms with Crippen LogP contribution in [0.3, 0.4) is 0 Å². The summed E-state index contributed by atoms with van der Waals surface area (Å²) in [4.78, 5) is 14.9. The molecule has 0 saturated carbocycles. The number of nitrogens with one attached hydrogen (secondary N) is 1. The summed E-state index contributed by atoms with van der Waals surface area (Å²) >= 11 is 0. The van der Waals surface area contributed by atoms with Gasteiger partial charge in [-0.25, -0.2) is 4.79 Å². The number of carboxylic acids is 1. The number of rotatable bonds is 7. The second-order valence-corrected chi connectivity index (χ2v) is 4.64. The molecule has 1 aromatic heterocycles. The summed E-state index contributed by atoms with van der Waals surface area (Å²) in [5.74, 6) is -0.394. The molecule has 1 unspecified atom stereocenters. The van der Waals surface area contributed by atoms with Crippen LogP contribution in [-0.4, -0.2) is 29.2 Å². The molecule has 0 spiro atoms. The van der Waals surface area contributed by atoms with Gasteiger partial charge < -0.3 is 15.2 Å². The first-order chi connectivity index (χ1) is 10.2. The Bertz CT molecular complexity index is 587. The van der Waals surface area contributed by atoms with E-state index in [1.165, 1.54) is 12.1 Å². The fourth-order valence-electron chi connectivity index (χ4n) is 1.91. The lowest BCUT2D eigenvalue weighted by atomic mass is 10.1. The number of ether oxygens (including phenoxy) is 1. The highest BCUT2D eigenvalue weighted by atomic mass is 16.5. The van der Waals surface area contributed by atoms with E-state index >= 15 is 0 Å². The molecule has 0 aliphatic carbocycles. The molecule has 0 aliphatic rings. The number of carboxylic acid groups (broad SMARTS) is 1. The van der Waals surface area contributed by atoms with Crippen molar-refractivity contribution in [1.82, 2.24) is 10.3 Å². The molecule has 1 aromatic carbocycles. The molecule has 2 aromatic rings. The summed E-state index contributed by atoms with van der Waals surface area (Å²) in [5.41, 5.74) is 1.34. The van der Waals surface area contributed by atoms with Crippen LogP contribution < -0.4 is 10.1 Å². The number of benzene rings is 1. The lowest BCUT2D eigenvalue weighted by Crippen LogP contribution is -2.24. The minimum Gasteiger partial charge on any atom is -0.492 e. The average Bonchev–Trinajstić information content (AvgIpc) is 2.52. The number of hydrogen-bond donors (Lipinski definition) is 2. The second-order valence-electron chi connectivity index (χ2n) is 4.64. The van der Waals surface area contributed by atoms with Gasteiger partial charge in [0.2, 0.25) is 0 Å². The van der Waals surface area contributed by atoms with Crippen LogP contribution in [0.4, 0.5) is 0 Å². The van der Waals surface area contributed by atoms with Crippen LogP contribution in [0.1, 0.15) is 28.9 Å². The van der Waals surface area contributed by atoms with E-state index < -0.39 is 5.97 Å². The Labute approximate surface area is 123 Å². The maximum Gasteiger partial charge on any atom is 0.335 e. The van der Waals surface area contributed by atoms with Crippen molar-refractivity contribution in [3.63, 3.8) is 0 Å². The highest BCUT2D eigenvalue weighted by molar-refractivity contribution is 5.87. The second kappa shape index (κ2) is 7.40. The van der Waals surface area contributed by atoms with Crippen molar-refractivity contribution < 1.29 is 14.6 Å². The third-order valence-corrected chi connectivity index (χ3v) is 3.09. The van der Waals surface area contributed by atoms with Gasteiger partial charge in [0.05, 0.1) is 5.56 Å². The molecular formula is C16H18N2O3. The molecule has 0 fully saturated rings. The van der Waals surface area contributed by atoms with Gasteiger partial charge in [0.15, 0.2) is 0 Å². The Morgan fingerprint density at radius 1 is 1.38 bits per heavy atom. The maximum absolute atomic E-state index is 10.9. The molecule has 5 heteroatoms. The van der Waals surface area contributed by atoms with Crippen molar-refractivity contribution in [2.45, 2.75) is 13.0 Å². The maximum atomic E-state index is 10.9. The standard InChI is InChI=1S/C16H18N2O3/c1-12(14-5-3-7-17-11-14)18-8-9-21-15-6-2-4-13(10-15)16(19)20/h2-7,10-12,18H,8-9H2,1H3,(H,19,20). The predicted octanol–water partition coefficient (Wildman–Crippen LogP) is 2.51. The number of hydrogen-bond acceptors (Lipinski definition) is 4. The van der Waals surface area contributed by atoms with Crippen molar-refractivity contribution in [2.24, 2.45) is 0 Å². The fraction of sp³-hybridized carbons (Fsp3) is 0.250. The van der Waals surface area contributed by atoms with Crippen LogP contribution in [0.15, 0.2) is 48.8 Å². The molecule has 1 heterocycles. The van der Waals surface area contributed by atoms with Crippen molar-refractivity contribution in [3.05, 3.63) is 59.9 Å². The first kappa shape index (κ1) is 15.0. The summed E-state index contributed by atoms with van der Waals surface area (Å²) in [7, 11) is 0. The van der Waals surface area contributed by atoms with Gasteiger partial charge in [-0.05, 0) is 36.8 Å². The molecule has 2 N–H and O–H groups in total. The van der Waals surface area contributed by atoms with E-state index in [2.05, 4.69) is 17.2 Å². The number of carbonyl (C=O) groups is 1. The quantitative estimate of drug-likeness (QED) is 0.765. The zero-order valence-corrected chi connectivity index (χ0v) is 11.8. The third-order valence-electron chi connectivity index (χ3n) is 3.09. The first-order valence-electron chi connectivity index (χ1n) is 6.76. The molecule has 5 nitrogen and oxygen atoms in total. The smallest absolute Gasteiger partial charge is 0.335 e. The summed E-state index contributed by atoms with van der Waals surface area (Å²) in [6, 6.07) is 10.6. The highest BCUT2D eigenvalue weighted by Crippen LogP contribution is 2.13. The van der Waals surface area contributed by atoms with Gasteiger partial charge in [-0.1, -0.05) is 12.1 Å². The predicted molar refractivity (Wildman–Crippen MR) is 79.6 cm³/mol. The van der Waals surface area contributed by atoms with E-state index in [1.54, 1.807) is 18.3 Å². The number of aromatic nitrogens is 1. The minimum absolute atomic E-state index is 0.188. The lowest BCUT2D eigenvalue weighted by molar-refractivity contribution is 0.0696. The molecule has 0 bridgehead atoms. The summed E-state index contributed by atoms with van der Waals surface area (Å²) < 4.78 is 5.54. The van der Waals surface area contributed by atoms with Gasteiger partial charge in [0.1, 0.15) is 12.4 Å². The molecule has 0 amide bonds. The Morgan fingerprint density at radius 3 is 2.95 bits per heavy atom. The van der Waals surface area contributed by atoms with Crippen LogP contribution >= 0.6 is 0 Å². The van der Waals surface area contributed by atoms with E-state index in [0.29, 0.717) is 18.9 Å². The van der Waals surface area contributed by atoms with Crippen molar-refractivity contribution in [3.8, 4) is 5.75 Å². The number of aromatic carboxylic acids is 1. The molecule has 21 heavy (non-hydrogen) atoms. The van der Waals surface area contributed by atoms with Gasteiger partial charge in [0.25, 0.3) is 0 Å². The van der Waals surface area contributed by atoms with E-state index in [1.807, 2.05) is 18.3 Å². The monoisotopic (exact) mass is 286 g/mol. The normalized spacial score (nSPS) is 11.9. The Balaban J connectivity index is 1.77. The van der Waals surface area contributed by atoms with Crippen molar-refractivity contribution in [2.75, 3.05) is 13.2 Å². The van der Waals surface area contributed by atoms with E-state index in [4.69, 9.17) is 9.84 Å². The van der Waals surface area contributed by atoms with Crippen LogP contribution in [0.2, 0.25) is 0 Å². The van der Waals surface area contributed by atoms with Crippen LogP contribution in [0.5, 0.6) is 5.75 Å². The number of nitrogens with zero attached hydrogens (tertiary/aromatic N) is 1. The zero-order chi connectivity index (χ0) is 15.1. The number of pyridine rings is 1. The summed E-state index contributed by atoms with van der Waals surface area (Å²) in [6.07, 6.45) is 3.57. The highest BCUT2D eigenvalue weighted by Gasteiger charge is 2.05. The van der Waals surface area contributed by atoms with Crippen molar-refractivity contribution in [1.29, 1.82) is 0 Å². The Kier molecular flexibility index (Phi) is 5.29. The van der Waals surface area contributed by atoms with E-state index in [-0.39, 0.29) is 11.6 Å². The van der Waals surface area contributed by atoms with Gasteiger partial charge in [-0.15, -0.1) is 0 Å². The van der Waals surface area contributed by atoms with Crippen molar-refractivity contribution >= 4 is 5.97 Å². The lowest BCUT2D eigenvalue weighted by Gasteiger charge is -2.14. The molecule has 1 atom stereocenters. The Morgan fingerprint density at radius 2 is 2.24 bits per heavy atom. The molecule has 110 valence electrons. The third kappa shape index (κ3) is 4.57. The average molecular weight is 286 g/mol. The molecule has 0 radical (unpaired) electrons. The van der Waals surface area contributed by atoms with Gasteiger partial charge in [0, 0.05) is 25.0 Å². The largest absolute Gasteiger partial charge is 0.492 e. The van der Waals surface area contributed by atoms with Gasteiger partial charge in [-0.3, -0.25) is 4.98 Å². The van der Waals surface area contributed by atoms with Crippen LogP contribution in [-0.2, 0) is 0 Å². The minimum atomic E-state index is -0.955. The van der Waals surface area contributed by atoms with Crippen LogP contribution in [0.25, 0.3) is 0 Å². The molecule has 2 rings (SSSR count). The van der Waals surface area contributed by atoms with Crippen LogP contribution in [0, 0.1) is 0 Å². The Hall–Kier alpha value is -2.40. The summed E-state index contributed by atoms with van der Waals surface area (Å²) in [6.45, 7) is 3.18. The van der Waals surface area contributed by atoms with Gasteiger partial charge >= 0.3 is 5.97 Å². The van der Waals surface area contributed by atoms with E-state index in [0.717, 1.165) is 5.56 Å². The van der Waals surface area contributed by atoms with Gasteiger partial charge in [-0.2, -0.15) is 0 Å². The molecular weight excluding hydrogens is 268 g/mol. The first-order valence-corrected chi connectivity index (χ1v) is 6.76. The summed E-state index contributed by atoms with van der Waals surface area (Å²) in [5, 5.41) is 12.2. The fourth-order valence-corrected chi connectivity index (χ4v) is 1.91. The molecule has 0 saturated heterocycles.